The molecule has 1 aromatic carbocycles. The van der Waals surface area contributed by atoms with E-state index in [-0.39, 0.29) is 10.8 Å². The number of hydrogen-bond acceptors (Lipinski definition) is 2. The molecule has 0 aliphatic rings. The van der Waals surface area contributed by atoms with Gasteiger partial charge in [-0.3, -0.25) is 0 Å². The average Bonchev–Trinajstić information content (AvgIpc) is 2.24. The van der Waals surface area contributed by atoms with Crippen LogP contribution in [0.3, 0.4) is 0 Å². The van der Waals surface area contributed by atoms with Crippen molar-refractivity contribution in [2.75, 3.05) is 24.5 Å². The predicted molar refractivity (Wildman–Crippen MR) is 63.0 cm³/mol. The lowest BCUT2D eigenvalue weighted by Crippen LogP contribution is -2.25. The maximum atomic E-state index is 12.9. The van der Waals surface area contributed by atoms with Crippen LogP contribution >= 0.6 is 11.6 Å². The summed E-state index contributed by atoms with van der Waals surface area (Å²) in [6.07, 6.45) is 0.919. The minimum Gasteiger partial charge on any atom is -0.372 e. The first kappa shape index (κ1) is 12.3. The molecule has 2 N–H and O–H groups in total. The van der Waals surface area contributed by atoms with Gasteiger partial charge in [0.2, 0.25) is 0 Å². The van der Waals surface area contributed by atoms with E-state index >= 15 is 0 Å². The third-order valence-electron chi connectivity index (χ3n) is 2.28. The normalized spacial score (nSPS) is 10.4. The maximum Gasteiger partial charge on any atom is 0.141 e. The first-order valence-electron chi connectivity index (χ1n) is 5.09. The van der Waals surface area contributed by atoms with Crippen LogP contribution in [0.2, 0.25) is 5.02 Å². The minimum atomic E-state index is -0.379. The highest BCUT2D eigenvalue weighted by atomic mass is 35.5. The molecule has 0 aromatic heterocycles. The fourth-order valence-corrected chi connectivity index (χ4v) is 1.61. The van der Waals surface area contributed by atoms with Gasteiger partial charge in [-0.1, -0.05) is 11.6 Å². The highest BCUT2D eigenvalue weighted by Gasteiger charge is 2.06. The zero-order valence-electron chi connectivity index (χ0n) is 8.84. The Morgan fingerprint density at radius 1 is 1.47 bits per heavy atom. The second kappa shape index (κ2) is 5.93. The molecular formula is C11H16ClFN2. The fraction of sp³-hybridized carbons (Fsp3) is 0.455. The summed E-state index contributed by atoms with van der Waals surface area (Å²) >= 11 is 5.72. The van der Waals surface area contributed by atoms with E-state index in [1.54, 1.807) is 12.1 Å². The summed E-state index contributed by atoms with van der Waals surface area (Å²) in [5.41, 5.74) is 6.39. The number of halogens is 2. The Labute approximate surface area is 94.8 Å². The molecule has 0 radical (unpaired) electrons. The number of rotatable bonds is 5. The zero-order valence-corrected chi connectivity index (χ0v) is 9.60. The molecule has 0 amide bonds. The van der Waals surface area contributed by atoms with Crippen LogP contribution in [0.5, 0.6) is 0 Å². The highest BCUT2D eigenvalue weighted by molar-refractivity contribution is 6.31. The van der Waals surface area contributed by atoms with Crippen molar-refractivity contribution in [2.45, 2.75) is 13.3 Å². The molecule has 0 saturated carbocycles. The SMILES string of the molecule is CCN(CCCN)c1ccc(F)c(Cl)c1. The summed E-state index contributed by atoms with van der Waals surface area (Å²) in [6.45, 7) is 4.44. The summed E-state index contributed by atoms with van der Waals surface area (Å²) in [5, 5.41) is 0.165. The van der Waals surface area contributed by atoms with Crippen LogP contribution in [0.1, 0.15) is 13.3 Å². The molecule has 1 rings (SSSR count). The van der Waals surface area contributed by atoms with Crippen LogP contribution in [-0.2, 0) is 0 Å². The molecule has 0 saturated heterocycles. The Hall–Kier alpha value is -0.800. The van der Waals surface area contributed by atoms with Crippen LogP contribution in [0.4, 0.5) is 10.1 Å². The summed E-state index contributed by atoms with van der Waals surface area (Å²) in [7, 11) is 0. The van der Waals surface area contributed by atoms with Gasteiger partial charge in [0.05, 0.1) is 5.02 Å². The predicted octanol–water partition coefficient (Wildman–Crippen LogP) is 2.65. The molecular weight excluding hydrogens is 215 g/mol. The lowest BCUT2D eigenvalue weighted by Gasteiger charge is -2.23. The van der Waals surface area contributed by atoms with Gasteiger partial charge in [0.15, 0.2) is 0 Å². The van der Waals surface area contributed by atoms with Gasteiger partial charge in [-0.05, 0) is 38.1 Å². The van der Waals surface area contributed by atoms with E-state index in [9.17, 15) is 4.39 Å². The van der Waals surface area contributed by atoms with Crippen molar-refractivity contribution in [3.63, 3.8) is 0 Å². The highest BCUT2D eigenvalue weighted by Crippen LogP contribution is 2.22. The molecule has 2 nitrogen and oxygen atoms in total. The van der Waals surface area contributed by atoms with Gasteiger partial charge in [0.1, 0.15) is 5.82 Å². The molecule has 0 aliphatic heterocycles. The maximum absolute atomic E-state index is 12.9. The molecule has 0 spiro atoms. The van der Waals surface area contributed by atoms with Gasteiger partial charge < -0.3 is 10.6 Å². The van der Waals surface area contributed by atoms with Gasteiger partial charge in [0, 0.05) is 18.8 Å². The number of nitrogens with two attached hydrogens (primary N) is 1. The molecule has 0 unspecified atom stereocenters. The largest absolute Gasteiger partial charge is 0.372 e. The van der Waals surface area contributed by atoms with Crippen molar-refractivity contribution in [2.24, 2.45) is 5.73 Å². The van der Waals surface area contributed by atoms with E-state index in [2.05, 4.69) is 4.90 Å². The fourth-order valence-electron chi connectivity index (χ4n) is 1.43. The van der Waals surface area contributed by atoms with Crippen molar-refractivity contribution in [3.05, 3.63) is 29.0 Å². The molecule has 0 bridgehead atoms. The third-order valence-corrected chi connectivity index (χ3v) is 2.57. The van der Waals surface area contributed by atoms with Gasteiger partial charge >= 0.3 is 0 Å². The van der Waals surface area contributed by atoms with Crippen LogP contribution in [-0.4, -0.2) is 19.6 Å². The van der Waals surface area contributed by atoms with Crippen molar-refractivity contribution in [1.82, 2.24) is 0 Å². The molecule has 0 heterocycles. The molecule has 15 heavy (non-hydrogen) atoms. The first-order valence-corrected chi connectivity index (χ1v) is 5.47. The Bertz CT molecular complexity index is 317. The van der Waals surface area contributed by atoms with Gasteiger partial charge in [-0.15, -0.1) is 0 Å². The number of anilines is 1. The summed E-state index contributed by atoms with van der Waals surface area (Å²) < 4.78 is 12.9. The van der Waals surface area contributed by atoms with E-state index in [1.165, 1.54) is 6.07 Å². The van der Waals surface area contributed by atoms with Crippen LogP contribution in [0.25, 0.3) is 0 Å². The Kier molecular flexibility index (Phi) is 4.85. The smallest absolute Gasteiger partial charge is 0.141 e. The van der Waals surface area contributed by atoms with Gasteiger partial charge in [0.25, 0.3) is 0 Å². The molecule has 0 aliphatic carbocycles. The molecule has 84 valence electrons. The van der Waals surface area contributed by atoms with Crippen molar-refractivity contribution >= 4 is 17.3 Å². The quantitative estimate of drug-likeness (QED) is 0.843. The number of nitrogens with zero attached hydrogens (tertiary/aromatic N) is 1. The topological polar surface area (TPSA) is 29.3 Å². The van der Waals surface area contributed by atoms with Gasteiger partial charge in [-0.2, -0.15) is 0 Å². The third kappa shape index (κ3) is 3.36. The van der Waals surface area contributed by atoms with Crippen molar-refractivity contribution < 1.29 is 4.39 Å². The average molecular weight is 231 g/mol. The standard InChI is InChI=1S/C11H16ClFN2/c1-2-15(7-3-6-14)9-4-5-11(13)10(12)8-9/h4-5,8H,2-3,6-7,14H2,1H3. The van der Waals surface area contributed by atoms with Crippen molar-refractivity contribution in [1.29, 1.82) is 0 Å². The van der Waals surface area contributed by atoms with Gasteiger partial charge in [-0.25, -0.2) is 4.39 Å². The molecule has 0 atom stereocenters. The van der Waals surface area contributed by atoms with Crippen LogP contribution in [0, 0.1) is 5.82 Å². The Morgan fingerprint density at radius 3 is 2.73 bits per heavy atom. The van der Waals surface area contributed by atoms with Crippen molar-refractivity contribution in [3.8, 4) is 0 Å². The van der Waals surface area contributed by atoms with E-state index in [1.807, 2.05) is 6.92 Å². The second-order valence-electron chi connectivity index (χ2n) is 3.32. The molecule has 1 aromatic rings. The lowest BCUT2D eigenvalue weighted by molar-refractivity contribution is 0.627. The monoisotopic (exact) mass is 230 g/mol. The number of hydrogen-bond donors (Lipinski definition) is 1. The van der Waals surface area contributed by atoms with Crippen LogP contribution < -0.4 is 10.6 Å². The van der Waals surface area contributed by atoms with E-state index in [4.69, 9.17) is 17.3 Å². The summed E-state index contributed by atoms with van der Waals surface area (Å²) in [5.74, 6) is -0.379. The lowest BCUT2D eigenvalue weighted by atomic mass is 10.2. The Balaban J connectivity index is 2.78. The second-order valence-corrected chi connectivity index (χ2v) is 3.73. The van der Waals surface area contributed by atoms with E-state index in [0.29, 0.717) is 6.54 Å². The first-order chi connectivity index (χ1) is 7.19. The molecule has 4 heteroatoms. The summed E-state index contributed by atoms with van der Waals surface area (Å²) in [6, 6.07) is 4.78. The van der Waals surface area contributed by atoms with Crippen LogP contribution in [0.15, 0.2) is 18.2 Å². The zero-order chi connectivity index (χ0) is 11.3. The molecule has 0 fully saturated rings. The van der Waals surface area contributed by atoms with E-state index < -0.39 is 0 Å². The summed E-state index contributed by atoms with van der Waals surface area (Å²) in [4.78, 5) is 2.12. The van der Waals surface area contributed by atoms with E-state index in [0.717, 1.165) is 25.2 Å². The Morgan fingerprint density at radius 2 is 2.20 bits per heavy atom. The minimum absolute atomic E-state index is 0.165. The number of benzene rings is 1.